The van der Waals surface area contributed by atoms with E-state index >= 15 is 0 Å². The average Bonchev–Trinajstić information content (AvgIpc) is 2.63. The van der Waals surface area contributed by atoms with Gasteiger partial charge in [-0.2, -0.15) is 0 Å². The van der Waals surface area contributed by atoms with Gasteiger partial charge in [0.2, 0.25) is 0 Å². The number of hydrogen-bond acceptors (Lipinski definition) is 4. The predicted molar refractivity (Wildman–Crippen MR) is 94.1 cm³/mol. The molecule has 0 heterocycles. The van der Waals surface area contributed by atoms with Crippen molar-refractivity contribution in [1.82, 2.24) is 0 Å². The summed E-state index contributed by atoms with van der Waals surface area (Å²) in [5.41, 5.74) is 8.29. The van der Waals surface area contributed by atoms with Crippen LogP contribution in [0.2, 0.25) is 0 Å². The van der Waals surface area contributed by atoms with Crippen molar-refractivity contribution in [3.63, 3.8) is 0 Å². The number of aliphatic hydroxyl groups excluding tert-OH is 1. The maximum Gasteiger partial charge on any atom is 0.150 e. The van der Waals surface area contributed by atoms with E-state index in [4.69, 9.17) is 20.3 Å². The zero-order valence-electron chi connectivity index (χ0n) is 13.2. The van der Waals surface area contributed by atoms with Crippen molar-refractivity contribution < 1.29 is 14.6 Å². The molecule has 3 rings (SSSR count). The molecular weight excluding hydrogens is 302 g/mol. The molecule has 0 unspecified atom stereocenters. The SMILES string of the molecule is Nc1cc(CO)ccc1Oc1ccc(OCc2ccccc2)cc1. The summed E-state index contributed by atoms with van der Waals surface area (Å²) in [5.74, 6) is 2.01. The molecule has 4 heteroatoms. The zero-order chi connectivity index (χ0) is 16.8. The fourth-order valence-corrected chi connectivity index (χ4v) is 2.26. The fourth-order valence-electron chi connectivity index (χ4n) is 2.26. The lowest BCUT2D eigenvalue weighted by Gasteiger charge is -2.11. The summed E-state index contributed by atoms with van der Waals surface area (Å²) in [6.45, 7) is 0.481. The molecule has 0 aromatic heterocycles. The highest BCUT2D eigenvalue weighted by molar-refractivity contribution is 5.55. The first-order valence-corrected chi connectivity index (χ1v) is 7.68. The maximum atomic E-state index is 9.10. The van der Waals surface area contributed by atoms with E-state index in [1.54, 1.807) is 18.2 Å². The topological polar surface area (TPSA) is 64.7 Å². The van der Waals surface area contributed by atoms with Crippen molar-refractivity contribution in [2.75, 3.05) is 5.73 Å². The highest BCUT2D eigenvalue weighted by Gasteiger charge is 2.04. The lowest BCUT2D eigenvalue weighted by atomic mass is 10.2. The summed E-state index contributed by atoms with van der Waals surface area (Å²) in [6.07, 6.45) is 0. The van der Waals surface area contributed by atoms with Crippen LogP contribution in [-0.2, 0) is 13.2 Å². The van der Waals surface area contributed by atoms with Crippen LogP contribution in [0.5, 0.6) is 17.2 Å². The molecule has 0 aliphatic carbocycles. The zero-order valence-corrected chi connectivity index (χ0v) is 13.2. The number of nitrogens with two attached hydrogens (primary N) is 1. The summed E-state index contributed by atoms with van der Waals surface area (Å²) < 4.78 is 11.5. The molecule has 122 valence electrons. The second-order valence-electron chi connectivity index (χ2n) is 5.38. The Morgan fingerprint density at radius 1 is 0.792 bits per heavy atom. The molecular formula is C20H19NO3. The highest BCUT2D eigenvalue weighted by Crippen LogP contribution is 2.29. The van der Waals surface area contributed by atoms with Crippen LogP contribution in [0.3, 0.4) is 0 Å². The molecule has 0 aliphatic rings. The monoisotopic (exact) mass is 321 g/mol. The third kappa shape index (κ3) is 4.06. The Bertz CT molecular complexity index is 786. The Morgan fingerprint density at radius 2 is 1.50 bits per heavy atom. The van der Waals surface area contributed by atoms with Crippen LogP contribution < -0.4 is 15.2 Å². The van der Waals surface area contributed by atoms with Gasteiger partial charge in [-0.05, 0) is 47.5 Å². The van der Waals surface area contributed by atoms with Crippen LogP contribution in [-0.4, -0.2) is 5.11 Å². The molecule has 0 amide bonds. The van der Waals surface area contributed by atoms with Crippen molar-refractivity contribution in [3.05, 3.63) is 83.9 Å². The van der Waals surface area contributed by atoms with Gasteiger partial charge in [-0.25, -0.2) is 0 Å². The van der Waals surface area contributed by atoms with Gasteiger partial charge in [0.15, 0.2) is 0 Å². The summed E-state index contributed by atoms with van der Waals surface area (Å²) >= 11 is 0. The van der Waals surface area contributed by atoms with E-state index in [0.29, 0.717) is 23.8 Å². The number of ether oxygens (including phenoxy) is 2. The van der Waals surface area contributed by atoms with Crippen LogP contribution in [0.15, 0.2) is 72.8 Å². The van der Waals surface area contributed by atoms with Gasteiger partial charge in [0.25, 0.3) is 0 Å². The van der Waals surface area contributed by atoms with E-state index in [-0.39, 0.29) is 6.61 Å². The van der Waals surface area contributed by atoms with Gasteiger partial charge in [0, 0.05) is 0 Å². The Labute approximate surface area is 141 Å². The molecule has 0 saturated heterocycles. The van der Waals surface area contributed by atoms with Gasteiger partial charge in [-0.3, -0.25) is 0 Å². The fraction of sp³-hybridized carbons (Fsp3) is 0.100. The summed E-state index contributed by atoms with van der Waals surface area (Å²) in [6, 6.07) is 22.6. The number of rotatable bonds is 6. The summed E-state index contributed by atoms with van der Waals surface area (Å²) in [5, 5.41) is 9.10. The molecule has 3 aromatic rings. The maximum absolute atomic E-state index is 9.10. The van der Waals surface area contributed by atoms with Crippen molar-refractivity contribution in [2.45, 2.75) is 13.2 Å². The second-order valence-corrected chi connectivity index (χ2v) is 5.38. The number of anilines is 1. The first-order valence-electron chi connectivity index (χ1n) is 7.68. The minimum Gasteiger partial charge on any atom is -0.489 e. The van der Waals surface area contributed by atoms with Gasteiger partial charge < -0.3 is 20.3 Å². The van der Waals surface area contributed by atoms with Crippen molar-refractivity contribution in [3.8, 4) is 17.2 Å². The van der Waals surface area contributed by atoms with Gasteiger partial charge >= 0.3 is 0 Å². The quantitative estimate of drug-likeness (QED) is 0.670. The normalized spacial score (nSPS) is 10.4. The molecule has 0 bridgehead atoms. The predicted octanol–water partition coefficient (Wildman–Crippen LogP) is 4.13. The number of nitrogen functional groups attached to an aromatic ring is 1. The van der Waals surface area contributed by atoms with E-state index in [2.05, 4.69) is 0 Å². The Hall–Kier alpha value is -2.98. The number of aliphatic hydroxyl groups is 1. The van der Waals surface area contributed by atoms with E-state index < -0.39 is 0 Å². The average molecular weight is 321 g/mol. The largest absolute Gasteiger partial charge is 0.489 e. The number of benzene rings is 3. The molecule has 0 saturated carbocycles. The minimum absolute atomic E-state index is 0.0437. The molecule has 3 aromatic carbocycles. The number of hydrogen-bond donors (Lipinski definition) is 2. The first-order chi connectivity index (χ1) is 11.7. The van der Waals surface area contributed by atoms with Crippen LogP contribution in [0, 0.1) is 0 Å². The Kier molecular flexibility index (Phi) is 4.99. The minimum atomic E-state index is -0.0437. The van der Waals surface area contributed by atoms with E-state index in [9.17, 15) is 0 Å². The third-order valence-corrected chi connectivity index (χ3v) is 3.56. The van der Waals surface area contributed by atoms with Gasteiger partial charge in [0.05, 0.1) is 12.3 Å². The van der Waals surface area contributed by atoms with Crippen LogP contribution in [0.25, 0.3) is 0 Å². The van der Waals surface area contributed by atoms with Crippen molar-refractivity contribution >= 4 is 5.69 Å². The van der Waals surface area contributed by atoms with Crippen LogP contribution in [0.1, 0.15) is 11.1 Å². The molecule has 0 spiro atoms. The Balaban J connectivity index is 1.62. The first kappa shape index (κ1) is 15.9. The van der Waals surface area contributed by atoms with Gasteiger partial charge in [0.1, 0.15) is 23.9 Å². The summed E-state index contributed by atoms with van der Waals surface area (Å²) in [4.78, 5) is 0. The second kappa shape index (κ2) is 7.53. The van der Waals surface area contributed by atoms with Crippen LogP contribution >= 0.6 is 0 Å². The standard InChI is InChI=1S/C20H19NO3/c21-19-12-16(13-22)6-11-20(19)24-18-9-7-17(8-10-18)23-14-15-4-2-1-3-5-15/h1-12,22H,13-14,21H2. The summed E-state index contributed by atoms with van der Waals surface area (Å²) in [7, 11) is 0. The molecule has 0 radical (unpaired) electrons. The lowest BCUT2D eigenvalue weighted by molar-refractivity contribution is 0.282. The highest BCUT2D eigenvalue weighted by atomic mass is 16.5. The smallest absolute Gasteiger partial charge is 0.150 e. The van der Waals surface area contributed by atoms with Crippen molar-refractivity contribution in [1.29, 1.82) is 0 Å². The molecule has 24 heavy (non-hydrogen) atoms. The lowest BCUT2D eigenvalue weighted by Crippen LogP contribution is -1.96. The van der Waals surface area contributed by atoms with E-state index in [1.165, 1.54) is 0 Å². The third-order valence-electron chi connectivity index (χ3n) is 3.56. The Morgan fingerprint density at radius 3 is 2.17 bits per heavy atom. The molecule has 0 atom stereocenters. The molecule has 0 fully saturated rings. The van der Waals surface area contributed by atoms with E-state index in [0.717, 1.165) is 16.9 Å². The van der Waals surface area contributed by atoms with Crippen LogP contribution in [0.4, 0.5) is 5.69 Å². The van der Waals surface area contributed by atoms with E-state index in [1.807, 2.05) is 54.6 Å². The molecule has 0 aliphatic heterocycles. The molecule has 3 N–H and O–H groups in total. The van der Waals surface area contributed by atoms with Gasteiger partial charge in [-0.1, -0.05) is 36.4 Å². The van der Waals surface area contributed by atoms with Gasteiger partial charge in [-0.15, -0.1) is 0 Å². The molecule has 4 nitrogen and oxygen atoms in total. The van der Waals surface area contributed by atoms with Crippen molar-refractivity contribution in [2.24, 2.45) is 0 Å².